The lowest BCUT2D eigenvalue weighted by molar-refractivity contribution is -0.148. The molecule has 1 N–H and O–H groups in total. The van der Waals surface area contributed by atoms with Crippen LogP contribution in [0.15, 0.2) is 91.0 Å². The Hall–Kier alpha value is -1.30. The van der Waals surface area contributed by atoms with Gasteiger partial charge in [0.05, 0.1) is 31.0 Å². The molecule has 5 rings (SSSR count). The Morgan fingerprint density at radius 1 is 0.511 bits per heavy atom. The number of aliphatic hydroxyl groups excluding tert-OH is 1. The Bertz CT molecular complexity index is 1030. The van der Waals surface area contributed by atoms with E-state index in [0.29, 0.717) is 36.1 Å². The van der Waals surface area contributed by atoms with Crippen LogP contribution in [0.2, 0.25) is 0 Å². The van der Waals surface area contributed by atoms with Crippen LogP contribution in [0.3, 0.4) is 0 Å². The van der Waals surface area contributed by atoms with Crippen molar-refractivity contribution in [3.63, 3.8) is 0 Å². The van der Waals surface area contributed by atoms with Gasteiger partial charge in [0.2, 0.25) is 0 Å². The Morgan fingerprint density at radius 2 is 0.822 bits per heavy atom. The smallest absolute Gasteiger partial charge is 0.0837 e. The lowest BCUT2D eigenvalue weighted by Gasteiger charge is -2.43. The lowest BCUT2D eigenvalue weighted by Crippen LogP contribution is -2.45. The molecule has 0 aliphatic carbocycles. The standard InChI is InChI=1S/C18H15P.C11H21IO.C11H22O2/c1-4-10-16(11-5-1)19(17-12-6-2-7-13-17)18-14-8-3-9-15-18;2*1-5-10-8(3)7(2)9(4)11(6-12)13-10/h1-15H;7-11H,5-6H2,1-4H3;7-12H,5-6H2,1-4H3/t;2*7?,8-,9?,10?,11-/m.11/s1. The van der Waals surface area contributed by atoms with Gasteiger partial charge < -0.3 is 14.6 Å². The van der Waals surface area contributed by atoms with Gasteiger partial charge in [-0.3, -0.25) is 0 Å². The summed E-state index contributed by atoms with van der Waals surface area (Å²) in [6.07, 6.45) is 3.57. The second-order valence-electron chi connectivity index (χ2n) is 13.1. The average molecular weight is 745 g/mol. The van der Waals surface area contributed by atoms with Crippen molar-refractivity contribution >= 4 is 46.4 Å². The van der Waals surface area contributed by atoms with Gasteiger partial charge in [-0.25, -0.2) is 0 Å². The first kappa shape index (κ1) is 38.2. The van der Waals surface area contributed by atoms with Gasteiger partial charge in [0.25, 0.3) is 0 Å². The molecule has 3 aromatic rings. The molecule has 0 bridgehead atoms. The summed E-state index contributed by atoms with van der Waals surface area (Å²) in [5.74, 6) is 3.98. The van der Waals surface area contributed by atoms with Crippen molar-refractivity contribution in [1.82, 2.24) is 0 Å². The Morgan fingerprint density at radius 3 is 1.13 bits per heavy atom. The molecule has 248 valence electrons. The highest BCUT2D eigenvalue weighted by Crippen LogP contribution is 2.37. The Kier molecular flexibility index (Phi) is 16.5. The molecule has 0 saturated carbocycles. The first-order valence-electron chi connectivity index (χ1n) is 17.1. The minimum atomic E-state index is -0.446. The highest BCUT2D eigenvalue weighted by Gasteiger charge is 2.38. The normalized spacial score (nSPS) is 31.3. The maximum Gasteiger partial charge on any atom is 0.0837 e. The molecule has 45 heavy (non-hydrogen) atoms. The number of hydrogen-bond donors (Lipinski definition) is 1. The number of aliphatic hydroxyl groups is 1. The third kappa shape index (κ3) is 10.3. The molecule has 2 fully saturated rings. The fourth-order valence-electron chi connectivity index (χ4n) is 6.76. The van der Waals surface area contributed by atoms with Crippen LogP contribution in [-0.4, -0.2) is 40.6 Å². The molecular formula is C40H58IO3P. The fourth-order valence-corrected chi connectivity index (χ4v) is 10.1. The van der Waals surface area contributed by atoms with Crippen molar-refractivity contribution < 1.29 is 14.6 Å². The number of ether oxygens (including phenoxy) is 2. The van der Waals surface area contributed by atoms with Crippen LogP contribution < -0.4 is 15.9 Å². The number of rotatable bonds is 7. The van der Waals surface area contributed by atoms with E-state index < -0.39 is 7.92 Å². The van der Waals surface area contributed by atoms with E-state index >= 15 is 0 Å². The van der Waals surface area contributed by atoms with Crippen LogP contribution in [0.1, 0.15) is 68.2 Å². The van der Waals surface area contributed by atoms with E-state index in [1.54, 1.807) is 0 Å². The quantitative estimate of drug-likeness (QED) is 0.149. The van der Waals surface area contributed by atoms with Crippen LogP contribution in [0.5, 0.6) is 0 Å². The van der Waals surface area contributed by atoms with Crippen LogP contribution in [0, 0.1) is 35.5 Å². The summed E-state index contributed by atoms with van der Waals surface area (Å²) in [5.41, 5.74) is 0. The minimum Gasteiger partial charge on any atom is -0.394 e. The van der Waals surface area contributed by atoms with Gasteiger partial charge in [0.15, 0.2) is 0 Å². The Labute approximate surface area is 289 Å². The molecule has 6 unspecified atom stereocenters. The summed E-state index contributed by atoms with van der Waals surface area (Å²) in [4.78, 5) is 0. The molecule has 2 saturated heterocycles. The third-order valence-electron chi connectivity index (χ3n) is 10.5. The van der Waals surface area contributed by atoms with Gasteiger partial charge in [-0.05, 0) is 72.2 Å². The van der Waals surface area contributed by atoms with Gasteiger partial charge in [-0.2, -0.15) is 0 Å². The van der Waals surface area contributed by atoms with Crippen molar-refractivity contribution in [2.75, 3.05) is 11.0 Å². The number of hydrogen-bond acceptors (Lipinski definition) is 3. The number of benzene rings is 3. The molecule has 0 amide bonds. The van der Waals surface area contributed by atoms with Crippen molar-refractivity contribution in [3.8, 4) is 0 Å². The minimum absolute atomic E-state index is 0.0520. The van der Waals surface area contributed by atoms with E-state index in [1.807, 2.05) is 0 Å². The van der Waals surface area contributed by atoms with Crippen LogP contribution >= 0.6 is 30.5 Å². The second-order valence-corrected chi connectivity index (χ2v) is 16.2. The van der Waals surface area contributed by atoms with Crippen molar-refractivity contribution in [1.29, 1.82) is 0 Å². The highest BCUT2D eigenvalue weighted by molar-refractivity contribution is 14.1. The molecule has 3 nitrogen and oxygen atoms in total. The zero-order valence-electron chi connectivity index (χ0n) is 28.9. The van der Waals surface area contributed by atoms with Gasteiger partial charge >= 0.3 is 0 Å². The van der Waals surface area contributed by atoms with Gasteiger partial charge in [-0.15, -0.1) is 0 Å². The molecule has 0 radical (unpaired) electrons. The molecule has 3 aromatic carbocycles. The van der Waals surface area contributed by atoms with Crippen LogP contribution in [0.25, 0.3) is 0 Å². The zero-order chi connectivity index (χ0) is 32.9. The number of halogens is 1. The summed E-state index contributed by atoms with van der Waals surface area (Å²) in [6.45, 7) is 18.3. The maximum atomic E-state index is 9.15. The SMILES string of the molecule is CCC1O[C@H](CI)C(C)C(C)[C@H]1C.CCC1O[C@H](CO)C(C)C(C)[C@H]1C.c1ccc(P(c2ccccc2)c2ccccc2)cc1. The average Bonchev–Trinajstić information content (AvgIpc) is 3.09. The Balaban J connectivity index is 0.000000190. The van der Waals surface area contributed by atoms with Gasteiger partial charge in [-0.1, -0.05) is 169 Å². The zero-order valence-corrected chi connectivity index (χ0v) is 31.9. The molecule has 10 atom stereocenters. The first-order valence-corrected chi connectivity index (χ1v) is 20.0. The summed E-state index contributed by atoms with van der Waals surface area (Å²) < 4.78 is 13.0. The summed E-state index contributed by atoms with van der Waals surface area (Å²) in [5, 5.41) is 13.3. The van der Waals surface area contributed by atoms with Crippen molar-refractivity contribution in [3.05, 3.63) is 91.0 Å². The van der Waals surface area contributed by atoms with E-state index in [1.165, 1.54) is 15.9 Å². The molecule has 2 aliphatic rings. The summed E-state index contributed by atoms with van der Waals surface area (Å²) in [7, 11) is -0.446. The van der Waals surface area contributed by atoms with Crippen LogP contribution in [-0.2, 0) is 9.47 Å². The topological polar surface area (TPSA) is 38.7 Å². The van der Waals surface area contributed by atoms with E-state index in [-0.39, 0.29) is 12.7 Å². The predicted molar refractivity (Wildman–Crippen MR) is 204 cm³/mol. The molecule has 0 spiro atoms. The van der Waals surface area contributed by atoms with E-state index in [9.17, 15) is 0 Å². The monoisotopic (exact) mass is 744 g/mol. The van der Waals surface area contributed by atoms with Crippen molar-refractivity contribution in [2.45, 2.75) is 92.6 Å². The summed E-state index contributed by atoms with van der Waals surface area (Å²) >= 11 is 2.44. The fraction of sp³-hybridized carbons (Fsp3) is 0.550. The molecule has 2 aliphatic heterocycles. The second kappa shape index (κ2) is 19.5. The summed E-state index contributed by atoms with van der Waals surface area (Å²) in [6, 6.07) is 32.3. The molecule has 5 heteroatoms. The lowest BCUT2D eigenvalue weighted by atomic mass is 9.76. The number of alkyl halides is 1. The van der Waals surface area contributed by atoms with Crippen LogP contribution in [0.4, 0.5) is 0 Å². The van der Waals surface area contributed by atoms with Gasteiger partial charge in [0.1, 0.15) is 0 Å². The highest BCUT2D eigenvalue weighted by atomic mass is 127. The third-order valence-corrected chi connectivity index (χ3v) is 13.9. The molecule has 2 heterocycles. The largest absolute Gasteiger partial charge is 0.394 e. The molecule has 0 aromatic heterocycles. The first-order chi connectivity index (χ1) is 21.7. The van der Waals surface area contributed by atoms with Gasteiger partial charge in [0, 0.05) is 4.43 Å². The van der Waals surface area contributed by atoms with Crippen molar-refractivity contribution in [2.24, 2.45) is 35.5 Å². The van der Waals surface area contributed by atoms with E-state index in [2.05, 4.69) is 169 Å². The van der Waals surface area contributed by atoms with E-state index in [4.69, 9.17) is 14.6 Å². The maximum absolute atomic E-state index is 9.15. The predicted octanol–water partition coefficient (Wildman–Crippen LogP) is 9.02. The molecular weight excluding hydrogens is 686 g/mol. The van der Waals surface area contributed by atoms with E-state index in [0.717, 1.165) is 35.0 Å².